The average Bonchev–Trinajstić information content (AvgIpc) is 2.75. The van der Waals surface area contributed by atoms with Crippen LogP contribution in [0.5, 0.6) is 11.5 Å². The third-order valence-corrected chi connectivity index (χ3v) is 4.85. The number of methoxy groups -OCH3 is 1. The molecule has 0 saturated carbocycles. The fraction of sp³-hybridized carbons (Fsp3) is 0.160. The quantitative estimate of drug-likeness (QED) is 0.447. The monoisotopic (exact) mass is 388 g/mol. The normalized spacial score (nSPS) is 11.5. The summed E-state index contributed by atoms with van der Waals surface area (Å²) in [5.74, 6) is -0.236. The Bertz CT molecular complexity index is 940. The van der Waals surface area contributed by atoms with Crippen molar-refractivity contribution in [1.82, 2.24) is 0 Å². The van der Waals surface area contributed by atoms with Gasteiger partial charge in [-0.1, -0.05) is 61.5 Å². The Morgan fingerprint density at radius 2 is 1.28 bits per heavy atom. The summed E-state index contributed by atoms with van der Waals surface area (Å²) in [4.78, 5) is 12.2. The standard InChI is InChI=1S/C25H24O4/c1-17(25(28)29-2)16-23(18-6-4-3-5-7-18)24(19-8-12-21(26)13-9-19)20-10-14-22(27)15-11-20/h3-15,17,26-27H,16H2,1-2H3. The molecular formula is C25H24O4. The van der Waals surface area contributed by atoms with Crippen LogP contribution in [0.25, 0.3) is 11.1 Å². The van der Waals surface area contributed by atoms with Gasteiger partial charge in [-0.05, 0) is 58.5 Å². The fourth-order valence-corrected chi connectivity index (χ4v) is 3.37. The molecule has 0 fully saturated rings. The van der Waals surface area contributed by atoms with Gasteiger partial charge in [0.25, 0.3) is 0 Å². The number of benzene rings is 3. The van der Waals surface area contributed by atoms with Crippen LogP contribution in [-0.2, 0) is 9.53 Å². The van der Waals surface area contributed by atoms with Crippen molar-refractivity contribution >= 4 is 17.1 Å². The Labute approximate surface area is 170 Å². The predicted molar refractivity (Wildman–Crippen MR) is 114 cm³/mol. The fourth-order valence-electron chi connectivity index (χ4n) is 3.37. The Hall–Kier alpha value is -3.53. The highest BCUT2D eigenvalue weighted by atomic mass is 16.5. The lowest BCUT2D eigenvalue weighted by molar-refractivity contribution is -0.144. The minimum Gasteiger partial charge on any atom is -0.508 e. The first-order valence-electron chi connectivity index (χ1n) is 9.44. The van der Waals surface area contributed by atoms with Gasteiger partial charge in [-0.25, -0.2) is 0 Å². The average molecular weight is 388 g/mol. The molecule has 1 atom stereocenters. The minimum absolute atomic E-state index is 0.183. The van der Waals surface area contributed by atoms with Gasteiger partial charge in [0.05, 0.1) is 13.0 Å². The van der Waals surface area contributed by atoms with E-state index in [9.17, 15) is 15.0 Å². The van der Waals surface area contributed by atoms with Crippen molar-refractivity contribution in [3.8, 4) is 11.5 Å². The van der Waals surface area contributed by atoms with Gasteiger partial charge in [-0.2, -0.15) is 0 Å². The maximum absolute atomic E-state index is 12.2. The molecule has 0 aliphatic rings. The van der Waals surface area contributed by atoms with Gasteiger partial charge in [0.2, 0.25) is 0 Å². The van der Waals surface area contributed by atoms with Crippen LogP contribution >= 0.6 is 0 Å². The van der Waals surface area contributed by atoms with E-state index in [1.54, 1.807) is 24.3 Å². The molecule has 1 unspecified atom stereocenters. The Morgan fingerprint density at radius 1 is 0.793 bits per heavy atom. The number of hydrogen-bond acceptors (Lipinski definition) is 4. The zero-order valence-corrected chi connectivity index (χ0v) is 16.5. The van der Waals surface area contributed by atoms with Crippen molar-refractivity contribution in [2.45, 2.75) is 13.3 Å². The van der Waals surface area contributed by atoms with Crippen LogP contribution in [0.1, 0.15) is 30.0 Å². The second-order valence-corrected chi connectivity index (χ2v) is 6.94. The lowest BCUT2D eigenvalue weighted by Crippen LogP contribution is -2.13. The minimum atomic E-state index is -0.334. The van der Waals surface area contributed by atoms with Crippen molar-refractivity contribution in [3.63, 3.8) is 0 Å². The molecule has 0 heterocycles. The van der Waals surface area contributed by atoms with Gasteiger partial charge in [-0.15, -0.1) is 0 Å². The highest BCUT2D eigenvalue weighted by Gasteiger charge is 2.21. The highest BCUT2D eigenvalue weighted by Crippen LogP contribution is 2.37. The van der Waals surface area contributed by atoms with Crippen LogP contribution in [0, 0.1) is 5.92 Å². The summed E-state index contributed by atoms with van der Waals surface area (Å²) in [5, 5.41) is 19.5. The molecule has 0 aromatic heterocycles. The lowest BCUT2D eigenvalue weighted by Gasteiger charge is -2.20. The maximum Gasteiger partial charge on any atom is 0.308 e. The summed E-state index contributed by atoms with van der Waals surface area (Å²) in [6, 6.07) is 23.9. The zero-order chi connectivity index (χ0) is 20.8. The first-order chi connectivity index (χ1) is 14.0. The van der Waals surface area contributed by atoms with E-state index >= 15 is 0 Å². The number of rotatable bonds is 6. The van der Waals surface area contributed by atoms with Gasteiger partial charge in [0.1, 0.15) is 11.5 Å². The molecule has 29 heavy (non-hydrogen) atoms. The molecule has 4 nitrogen and oxygen atoms in total. The number of hydrogen-bond donors (Lipinski definition) is 2. The Kier molecular flexibility index (Phi) is 6.35. The van der Waals surface area contributed by atoms with E-state index in [4.69, 9.17) is 4.74 Å². The van der Waals surface area contributed by atoms with Gasteiger partial charge in [0, 0.05) is 0 Å². The summed E-state index contributed by atoms with van der Waals surface area (Å²) >= 11 is 0. The van der Waals surface area contributed by atoms with Gasteiger partial charge in [0.15, 0.2) is 0 Å². The number of phenolic OH excluding ortho intramolecular Hbond substituents is 2. The molecule has 0 aliphatic carbocycles. The molecular weight excluding hydrogens is 364 g/mol. The van der Waals surface area contributed by atoms with Crippen molar-refractivity contribution in [3.05, 3.63) is 95.6 Å². The van der Waals surface area contributed by atoms with E-state index < -0.39 is 0 Å². The number of carbonyl (C=O) groups is 1. The van der Waals surface area contributed by atoms with E-state index in [1.807, 2.05) is 61.5 Å². The molecule has 4 heteroatoms. The SMILES string of the molecule is COC(=O)C(C)CC(=C(c1ccc(O)cc1)c1ccc(O)cc1)c1ccccc1. The maximum atomic E-state index is 12.2. The summed E-state index contributed by atoms with van der Waals surface area (Å²) in [6.45, 7) is 1.85. The summed E-state index contributed by atoms with van der Waals surface area (Å²) in [7, 11) is 1.39. The predicted octanol–water partition coefficient (Wildman–Crippen LogP) is 5.26. The Balaban J connectivity index is 2.26. The van der Waals surface area contributed by atoms with Crippen LogP contribution in [0.4, 0.5) is 0 Å². The largest absolute Gasteiger partial charge is 0.508 e. The van der Waals surface area contributed by atoms with E-state index in [2.05, 4.69) is 0 Å². The zero-order valence-electron chi connectivity index (χ0n) is 16.5. The molecule has 0 radical (unpaired) electrons. The first kappa shape index (κ1) is 20.2. The molecule has 0 spiro atoms. The molecule has 0 bridgehead atoms. The summed E-state index contributed by atoms with van der Waals surface area (Å²) < 4.78 is 4.94. The van der Waals surface area contributed by atoms with E-state index in [1.165, 1.54) is 7.11 Å². The van der Waals surface area contributed by atoms with E-state index in [-0.39, 0.29) is 23.4 Å². The number of carbonyl (C=O) groups excluding carboxylic acids is 1. The second-order valence-electron chi connectivity index (χ2n) is 6.94. The smallest absolute Gasteiger partial charge is 0.308 e. The van der Waals surface area contributed by atoms with Gasteiger partial charge in [-0.3, -0.25) is 4.79 Å². The van der Waals surface area contributed by atoms with Crippen molar-refractivity contribution in [2.75, 3.05) is 7.11 Å². The third-order valence-electron chi connectivity index (χ3n) is 4.85. The summed E-state index contributed by atoms with van der Waals surface area (Å²) in [6.07, 6.45) is 0.480. The summed E-state index contributed by atoms with van der Waals surface area (Å²) in [5.41, 5.74) is 4.74. The number of esters is 1. The lowest BCUT2D eigenvalue weighted by atomic mass is 9.85. The van der Waals surface area contributed by atoms with Crippen LogP contribution in [0.3, 0.4) is 0 Å². The van der Waals surface area contributed by atoms with E-state index in [0.717, 1.165) is 27.8 Å². The van der Waals surface area contributed by atoms with Gasteiger partial charge >= 0.3 is 5.97 Å². The van der Waals surface area contributed by atoms with Crippen LogP contribution in [0.15, 0.2) is 78.9 Å². The molecule has 0 amide bonds. The molecule has 3 aromatic rings. The Morgan fingerprint density at radius 3 is 1.72 bits per heavy atom. The molecule has 3 rings (SSSR count). The van der Waals surface area contributed by atoms with Crippen molar-refractivity contribution in [1.29, 1.82) is 0 Å². The molecule has 0 saturated heterocycles. The van der Waals surface area contributed by atoms with Crippen molar-refractivity contribution < 1.29 is 19.7 Å². The third kappa shape index (κ3) is 4.85. The van der Waals surface area contributed by atoms with Crippen molar-refractivity contribution in [2.24, 2.45) is 5.92 Å². The van der Waals surface area contributed by atoms with Crippen LogP contribution in [0.2, 0.25) is 0 Å². The molecule has 2 N–H and O–H groups in total. The van der Waals surface area contributed by atoms with Crippen LogP contribution < -0.4 is 0 Å². The number of ether oxygens (including phenoxy) is 1. The first-order valence-corrected chi connectivity index (χ1v) is 9.44. The highest BCUT2D eigenvalue weighted by molar-refractivity contribution is 5.99. The molecule has 0 aliphatic heterocycles. The van der Waals surface area contributed by atoms with Gasteiger partial charge < -0.3 is 14.9 Å². The number of phenols is 2. The van der Waals surface area contributed by atoms with E-state index in [0.29, 0.717) is 6.42 Å². The second kappa shape index (κ2) is 9.11. The number of allylic oxidation sites excluding steroid dienone is 1. The number of aromatic hydroxyl groups is 2. The molecule has 3 aromatic carbocycles. The topological polar surface area (TPSA) is 66.8 Å². The van der Waals surface area contributed by atoms with Crippen LogP contribution in [-0.4, -0.2) is 23.3 Å². The molecule has 148 valence electrons.